The summed E-state index contributed by atoms with van der Waals surface area (Å²) in [5.74, 6) is -0.589. The van der Waals surface area contributed by atoms with Crippen LogP contribution >= 0.6 is 0 Å². The third-order valence-corrected chi connectivity index (χ3v) is 13.8. The molecule has 1 atom stereocenters. The maximum atomic E-state index is 12.3. The Kier molecular flexibility index (Phi) is 62.4. The normalized spacial score (nSPS) is 13.0. The van der Waals surface area contributed by atoms with Crippen molar-refractivity contribution in [3.63, 3.8) is 0 Å². The lowest BCUT2D eigenvalue weighted by Gasteiger charge is -2.15. The third-order valence-electron chi connectivity index (χ3n) is 13.8. The fourth-order valence-electron chi connectivity index (χ4n) is 9.02. The minimum Gasteiger partial charge on any atom is -0.462 e. The Bertz CT molecular complexity index is 1520. The van der Waals surface area contributed by atoms with Crippen LogP contribution in [0.4, 0.5) is 0 Å². The van der Waals surface area contributed by atoms with Crippen molar-refractivity contribution in [1.29, 1.82) is 0 Å². The SMILES string of the molecule is CC/C=C\C/C=C\C/C=C\C/C=C\C/C=C\C/C=C\CCCCCCCCCCCCCCCCCCCCCCC(=O)OC(CO)COC(=O)CCCCCCCCCCCC/C=C\C/C=C\C/C=C\C/C=C\CC. The number of hydrogen-bond acceptors (Lipinski definition) is 5. The van der Waals surface area contributed by atoms with Crippen molar-refractivity contribution in [2.45, 2.75) is 302 Å². The van der Waals surface area contributed by atoms with Crippen molar-refractivity contribution in [2.24, 2.45) is 0 Å². The van der Waals surface area contributed by atoms with Gasteiger partial charge in [0.2, 0.25) is 0 Å². The van der Waals surface area contributed by atoms with Crippen LogP contribution in [0.5, 0.6) is 0 Å². The first-order valence-electron chi connectivity index (χ1n) is 32.1. The molecule has 0 amide bonds. The third kappa shape index (κ3) is 62.8. The zero-order valence-corrected chi connectivity index (χ0v) is 49.7. The standard InChI is InChI=1S/C71H120O5/c1-3-5-7-9-11-13-15-17-19-21-23-25-27-28-29-30-31-32-33-34-35-36-37-38-39-40-41-42-44-46-48-50-52-54-56-58-60-62-64-66-71(74)76-69(67-72)68-75-70(73)65-63-61-59-57-55-53-51-49-47-45-43-26-24-22-20-18-16-14-12-10-8-6-4-2/h5-8,11-14,17-20,23-26,28-29,31-32,69,72H,3-4,9-10,15-16,21-22,27,30,33-68H2,1-2H3/b7-5-,8-6-,13-11-,14-12-,19-17-,20-18-,25-23-,26-24-,29-28-,32-31-. The second-order valence-electron chi connectivity index (χ2n) is 21.1. The molecule has 0 heterocycles. The van der Waals surface area contributed by atoms with Crippen molar-refractivity contribution in [3.8, 4) is 0 Å². The summed E-state index contributed by atoms with van der Waals surface area (Å²) in [4.78, 5) is 24.6. The Morgan fingerprint density at radius 1 is 0.303 bits per heavy atom. The fourth-order valence-corrected chi connectivity index (χ4v) is 9.02. The largest absolute Gasteiger partial charge is 0.462 e. The first-order valence-corrected chi connectivity index (χ1v) is 32.1. The number of rotatable bonds is 58. The van der Waals surface area contributed by atoms with Crippen molar-refractivity contribution in [3.05, 3.63) is 122 Å². The lowest BCUT2D eigenvalue weighted by atomic mass is 10.0. The van der Waals surface area contributed by atoms with E-state index < -0.39 is 6.10 Å². The van der Waals surface area contributed by atoms with Crippen LogP contribution in [-0.2, 0) is 19.1 Å². The maximum absolute atomic E-state index is 12.3. The lowest BCUT2D eigenvalue weighted by molar-refractivity contribution is -0.161. The lowest BCUT2D eigenvalue weighted by Crippen LogP contribution is -2.28. The molecular weight excluding hydrogens is 933 g/mol. The average Bonchev–Trinajstić information content (AvgIpc) is 3.42. The topological polar surface area (TPSA) is 72.8 Å². The van der Waals surface area contributed by atoms with E-state index in [2.05, 4.69) is 135 Å². The summed E-state index contributed by atoms with van der Waals surface area (Å²) in [6.07, 6.45) is 96.3. The molecule has 5 nitrogen and oxygen atoms in total. The summed E-state index contributed by atoms with van der Waals surface area (Å²) in [6, 6.07) is 0. The highest BCUT2D eigenvalue weighted by molar-refractivity contribution is 5.70. The molecule has 1 N–H and O–H groups in total. The molecule has 434 valence electrons. The Hall–Kier alpha value is -3.70. The summed E-state index contributed by atoms with van der Waals surface area (Å²) >= 11 is 0. The zero-order chi connectivity index (χ0) is 54.8. The van der Waals surface area contributed by atoms with E-state index in [1.54, 1.807) is 0 Å². The Balaban J connectivity index is 3.46. The summed E-state index contributed by atoms with van der Waals surface area (Å²) in [5, 5.41) is 9.68. The molecule has 0 radical (unpaired) electrons. The quantitative estimate of drug-likeness (QED) is 0.0373. The van der Waals surface area contributed by atoms with Crippen molar-refractivity contribution in [2.75, 3.05) is 13.2 Å². The number of carbonyl (C=O) groups is 2. The van der Waals surface area contributed by atoms with Gasteiger partial charge in [-0.25, -0.2) is 0 Å². The van der Waals surface area contributed by atoms with Gasteiger partial charge in [0, 0.05) is 12.8 Å². The fraction of sp³-hybridized carbons (Fsp3) is 0.690. The predicted octanol–water partition coefficient (Wildman–Crippen LogP) is 22.2. The van der Waals surface area contributed by atoms with Gasteiger partial charge in [0.15, 0.2) is 6.10 Å². The first-order chi connectivity index (χ1) is 37.6. The highest BCUT2D eigenvalue weighted by atomic mass is 16.6. The second-order valence-corrected chi connectivity index (χ2v) is 21.1. The van der Waals surface area contributed by atoms with Gasteiger partial charge in [0.25, 0.3) is 0 Å². The molecule has 0 saturated heterocycles. The molecule has 0 aromatic heterocycles. The van der Waals surface area contributed by atoms with Gasteiger partial charge in [-0.1, -0.05) is 302 Å². The second kappa shape index (κ2) is 65.6. The van der Waals surface area contributed by atoms with Crippen LogP contribution < -0.4 is 0 Å². The van der Waals surface area contributed by atoms with Crippen LogP contribution in [0.2, 0.25) is 0 Å². The highest BCUT2D eigenvalue weighted by Gasteiger charge is 2.16. The van der Waals surface area contributed by atoms with Gasteiger partial charge in [-0.05, 0) is 103 Å². The molecule has 0 aromatic rings. The number of hydrogen-bond donors (Lipinski definition) is 1. The molecule has 0 aromatic carbocycles. The van der Waals surface area contributed by atoms with Gasteiger partial charge in [-0.3, -0.25) is 9.59 Å². The first kappa shape index (κ1) is 72.3. The van der Waals surface area contributed by atoms with Crippen LogP contribution in [0, 0.1) is 0 Å². The van der Waals surface area contributed by atoms with Gasteiger partial charge >= 0.3 is 11.9 Å². The number of esters is 2. The molecule has 0 aliphatic heterocycles. The average molecular weight is 1050 g/mol. The molecule has 0 rings (SSSR count). The molecular formula is C71H120O5. The number of unbranched alkanes of at least 4 members (excludes halogenated alkanes) is 30. The molecule has 76 heavy (non-hydrogen) atoms. The van der Waals surface area contributed by atoms with Gasteiger partial charge in [0.1, 0.15) is 6.61 Å². The summed E-state index contributed by atoms with van der Waals surface area (Å²) < 4.78 is 10.7. The van der Waals surface area contributed by atoms with Crippen molar-refractivity contribution < 1.29 is 24.2 Å². The van der Waals surface area contributed by atoms with Crippen LogP contribution in [0.1, 0.15) is 296 Å². The molecule has 0 aliphatic carbocycles. The minimum absolute atomic E-state index is 0.0704. The van der Waals surface area contributed by atoms with Crippen molar-refractivity contribution in [1.82, 2.24) is 0 Å². The predicted molar refractivity (Wildman–Crippen MR) is 334 cm³/mol. The van der Waals surface area contributed by atoms with Crippen LogP contribution in [0.3, 0.4) is 0 Å². The number of aliphatic hydroxyl groups is 1. The Labute approximate surface area is 471 Å². The molecule has 0 spiro atoms. The molecule has 0 fully saturated rings. The van der Waals surface area contributed by atoms with Gasteiger partial charge < -0.3 is 14.6 Å². The van der Waals surface area contributed by atoms with Gasteiger partial charge in [-0.2, -0.15) is 0 Å². The van der Waals surface area contributed by atoms with E-state index in [-0.39, 0.29) is 25.2 Å². The number of carbonyl (C=O) groups excluding carboxylic acids is 2. The van der Waals surface area contributed by atoms with E-state index in [1.165, 1.54) is 167 Å². The maximum Gasteiger partial charge on any atom is 0.306 e. The molecule has 0 aliphatic rings. The molecule has 0 saturated carbocycles. The smallest absolute Gasteiger partial charge is 0.306 e. The van der Waals surface area contributed by atoms with E-state index >= 15 is 0 Å². The Morgan fingerprint density at radius 3 is 0.789 bits per heavy atom. The molecule has 5 heteroatoms. The van der Waals surface area contributed by atoms with E-state index in [0.717, 1.165) is 103 Å². The zero-order valence-electron chi connectivity index (χ0n) is 49.7. The number of allylic oxidation sites excluding steroid dienone is 20. The Morgan fingerprint density at radius 2 is 0.526 bits per heavy atom. The number of aliphatic hydroxyl groups excluding tert-OH is 1. The summed E-state index contributed by atoms with van der Waals surface area (Å²) in [5.41, 5.74) is 0. The highest BCUT2D eigenvalue weighted by Crippen LogP contribution is 2.17. The monoisotopic (exact) mass is 1050 g/mol. The van der Waals surface area contributed by atoms with Crippen LogP contribution in [-0.4, -0.2) is 36.4 Å². The van der Waals surface area contributed by atoms with Gasteiger partial charge in [-0.15, -0.1) is 0 Å². The molecule has 1 unspecified atom stereocenters. The van der Waals surface area contributed by atoms with Crippen LogP contribution in [0.15, 0.2) is 122 Å². The van der Waals surface area contributed by atoms with E-state index in [4.69, 9.17) is 9.47 Å². The van der Waals surface area contributed by atoms with E-state index in [1.807, 2.05) is 0 Å². The summed E-state index contributed by atoms with van der Waals surface area (Å²) in [6.45, 7) is 3.93. The van der Waals surface area contributed by atoms with Crippen LogP contribution in [0.25, 0.3) is 0 Å². The van der Waals surface area contributed by atoms with E-state index in [9.17, 15) is 14.7 Å². The molecule has 0 bridgehead atoms. The van der Waals surface area contributed by atoms with E-state index in [0.29, 0.717) is 12.8 Å². The summed E-state index contributed by atoms with van der Waals surface area (Å²) in [7, 11) is 0. The van der Waals surface area contributed by atoms with Gasteiger partial charge in [0.05, 0.1) is 6.61 Å². The number of ether oxygens (including phenoxy) is 2. The van der Waals surface area contributed by atoms with Crippen molar-refractivity contribution >= 4 is 11.9 Å². The minimum atomic E-state index is -0.780.